The molecular formula is C19H26N2O4. The predicted octanol–water partition coefficient (Wildman–Crippen LogP) is 4.11. The molecule has 0 radical (unpaired) electrons. The zero-order valence-electron chi connectivity index (χ0n) is 15.0. The average molecular weight is 346 g/mol. The fraction of sp³-hybridized carbons (Fsp3) is 0.474. The first kappa shape index (κ1) is 18.8. The molecule has 1 unspecified atom stereocenters. The van der Waals surface area contributed by atoms with Crippen molar-refractivity contribution in [3.63, 3.8) is 0 Å². The third-order valence-corrected chi connectivity index (χ3v) is 3.96. The van der Waals surface area contributed by atoms with Gasteiger partial charge in [-0.15, -0.1) is 0 Å². The fourth-order valence-corrected chi connectivity index (χ4v) is 2.34. The second kappa shape index (κ2) is 8.05. The third kappa shape index (κ3) is 5.52. The fourth-order valence-electron chi connectivity index (χ4n) is 2.34. The Hall–Kier alpha value is -2.50. The van der Waals surface area contributed by atoms with Gasteiger partial charge in [-0.1, -0.05) is 57.2 Å². The molecule has 6 heteroatoms. The molecule has 136 valence electrons. The van der Waals surface area contributed by atoms with Crippen molar-refractivity contribution in [2.45, 2.75) is 33.2 Å². The second-order valence-corrected chi connectivity index (χ2v) is 7.22. The molecule has 0 bridgehead atoms. The van der Waals surface area contributed by atoms with E-state index in [1.807, 2.05) is 42.6 Å². The molecule has 3 rings (SSSR count). The number of allylic oxidation sites excluding steroid dienone is 1. The zero-order valence-corrected chi connectivity index (χ0v) is 15.0. The average Bonchev–Trinajstić information content (AvgIpc) is 2.85. The van der Waals surface area contributed by atoms with Gasteiger partial charge in [0.25, 0.3) is 0 Å². The Bertz CT molecular complexity index is 618. The van der Waals surface area contributed by atoms with E-state index < -0.39 is 6.09 Å². The van der Waals surface area contributed by atoms with Gasteiger partial charge in [0.2, 0.25) is 0 Å². The first-order valence-electron chi connectivity index (χ1n) is 8.45. The maximum atomic E-state index is 11.7. The van der Waals surface area contributed by atoms with Crippen LogP contribution in [0.15, 0.2) is 42.6 Å². The van der Waals surface area contributed by atoms with Crippen molar-refractivity contribution >= 4 is 12.2 Å². The van der Waals surface area contributed by atoms with Crippen LogP contribution in [0.3, 0.4) is 0 Å². The lowest BCUT2D eigenvalue weighted by molar-refractivity contribution is 0.118. The van der Waals surface area contributed by atoms with Crippen molar-refractivity contribution < 1.29 is 19.4 Å². The molecule has 2 amide bonds. The van der Waals surface area contributed by atoms with Crippen LogP contribution in [0.4, 0.5) is 9.59 Å². The normalized spacial score (nSPS) is 20.0. The number of carboxylic acid groups (broad SMARTS) is 1. The number of ether oxygens (including phenoxy) is 1. The minimum Gasteiger partial charge on any atom is -0.465 e. The lowest BCUT2D eigenvalue weighted by atomic mass is 9.97. The Balaban J connectivity index is 0.000000269. The molecule has 2 saturated heterocycles. The Morgan fingerprint density at radius 2 is 1.88 bits per heavy atom. The molecule has 1 N–H and O–H groups in total. The van der Waals surface area contributed by atoms with Crippen molar-refractivity contribution in [1.82, 2.24) is 9.80 Å². The molecule has 2 aliphatic heterocycles. The number of likely N-dealkylation sites (tertiary alicyclic amines) is 1. The predicted molar refractivity (Wildman–Crippen MR) is 95.2 cm³/mol. The van der Waals surface area contributed by atoms with Gasteiger partial charge in [0.1, 0.15) is 6.61 Å². The molecule has 25 heavy (non-hydrogen) atoms. The maximum absolute atomic E-state index is 11.7. The van der Waals surface area contributed by atoms with Gasteiger partial charge in [-0.25, -0.2) is 9.59 Å². The smallest absolute Gasteiger partial charge is 0.414 e. The number of nitrogens with zero attached hydrogens (tertiary/aromatic N) is 2. The van der Waals surface area contributed by atoms with Crippen LogP contribution in [0, 0.1) is 5.41 Å². The summed E-state index contributed by atoms with van der Waals surface area (Å²) in [6, 6.07) is 9.94. The van der Waals surface area contributed by atoms with E-state index >= 15 is 0 Å². The monoisotopic (exact) mass is 346 g/mol. The highest BCUT2D eigenvalue weighted by molar-refractivity contribution is 5.71. The molecule has 2 fully saturated rings. The van der Waals surface area contributed by atoms with Gasteiger partial charge in [-0.3, -0.25) is 4.90 Å². The molecule has 6 nitrogen and oxygen atoms in total. The molecule has 0 saturated carbocycles. The van der Waals surface area contributed by atoms with Gasteiger partial charge in [0.15, 0.2) is 0 Å². The number of amides is 2. The Morgan fingerprint density at radius 1 is 1.24 bits per heavy atom. The molecule has 1 aromatic carbocycles. The van der Waals surface area contributed by atoms with Gasteiger partial charge in [0, 0.05) is 19.3 Å². The summed E-state index contributed by atoms with van der Waals surface area (Å²) in [7, 11) is 0. The summed E-state index contributed by atoms with van der Waals surface area (Å²) in [5, 5.41) is 8.16. The van der Waals surface area contributed by atoms with Crippen molar-refractivity contribution in [2.75, 3.05) is 19.7 Å². The first-order valence-corrected chi connectivity index (χ1v) is 8.45. The number of carbonyl (C=O) groups excluding carboxylic acids is 1. The van der Waals surface area contributed by atoms with Gasteiger partial charge in [-0.2, -0.15) is 0 Å². The molecule has 1 aromatic rings. The summed E-state index contributed by atoms with van der Waals surface area (Å²) in [4.78, 5) is 24.7. The topological polar surface area (TPSA) is 70.1 Å². The van der Waals surface area contributed by atoms with Crippen LogP contribution >= 0.6 is 0 Å². The van der Waals surface area contributed by atoms with E-state index in [4.69, 9.17) is 9.84 Å². The zero-order chi connectivity index (χ0) is 18.4. The van der Waals surface area contributed by atoms with E-state index in [0.29, 0.717) is 6.61 Å². The Kier molecular flexibility index (Phi) is 6.07. The number of hydrogen-bond donors (Lipinski definition) is 1. The summed E-state index contributed by atoms with van der Waals surface area (Å²) in [6.45, 7) is 8.18. The number of hydrogen-bond acceptors (Lipinski definition) is 3. The van der Waals surface area contributed by atoms with E-state index in [2.05, 4.69) is 20.8 Å². The van der Waals surface area contributed by atoms with Gasteiger partial charge in [0.05, 0.1) is 6.04 Å². The summed E-state index contributed by atoms with van der Waals surface area (Å²) >= 11 is 0. The van der Waals surface area contributed by atoms with Gasteiger partial charge < -0.3 is 14.7 Å². The maximum Gasteiger partial charge on any atom is 0.414 e. The molecule has 0 aliphatic carbocycles. The molecule has 1 atom stereocenters. The minimum absolute atomic E-state index is 0.0164. The second-order valence-electron chi connectivity index (χ2n) is 7.22. The minimum atomic E-state index is -0.786. The highest BCUT2D eigenvalue weighted by atomic mass is 16.6. The Labute approximate surface area is 148 Å². The third-order valence-electron chi connectivity index (χ3n) is 3.96. The van der Waals surface area contributed by atoms with E-state index in [9.17, 15) is 9.59 Å². The lowest BCUT2D eigenvalue weighted by Crippen LogP contribution is -2.40. The molecular weight excluding hydrogens is 320 g/mol. The molecule has 0 spiro atoms. The number of rotatable bonds is 2. The van der Waals surface area contributed by atoms with Crippen LogP contribution in [0.25, 0.3) is 0 Å². The first-order chi connectivity index (χ1) is 11.8. The van der Waals surface area contributed by atoms with Crippen LogP contribution in [-0.2, 0) is 4.74 Å². The van der Waals surface area contributed by atoms with E-state index in [0.717, 1.165) is 25.1 Å². The number of benzene rings is 1. The van der Waals surface area contributed by atoms with Gasteiger partial charge in [-0.05, 0) is 17.4 Å². The lowest BCUT2D eigenvalue weighted by Gasteiger charge is -2.27. The van der Waals surface area contributed by atoms with E-state index in [1.165, 1.54) is 4.90 Å². The summed E-state index contributed by atoms with van der Waals surface area (Å²) in [6.07, 6.45) is 3.84. The standard InChI is InChI=1S/C15H19NO2.C4H7NO2/c1-15(2,3)9-10-16-13(11-18-14(16)17)12-7-5-4-6-8-12;6-4(7)5-2-1-3-5/h4-10,13H,11H2,1-3H3;1-3H2,(H,6,7). The number of cyclic esters (lactones) is 1. The quantitative estimate of drug-likeness (QED) is 0.875. The van der Waals surface area contributed by atoms with Crippen LogP contribution in [0.5, 0.6) is 0 Å². The van der Waals surface area contributed by atoms with Crippen LogP contribution in [0.1, 0.15) is 38.8 Å². The summed E-state index contributed by atoms with van der Waals surface area (Å²) < 4.78 is 5.13. The highest BCUT2D eigenvalue weighted by Crippen LogP contribution is 2.28. The molecule has 2 aliphatic rings. The number of carbonyl (C=O) groups is 2. The summed E-state index contributed by atoms with van der Waals surface area (Å²) in [5.74, 6) is 0. The van der Waals surface area contributed by atoms with Crippen molar-refractivity contribution in [2.24, 2.45) is 5.41 Å². The highest BCUT2D eigenvalue weighted by Gasteiger charge is 2.32. The summed E-state index contributed by atoms with van der Waals surface area (Å²) in [5.41, 5.74) is 1.14. The molecule has 2 heterocycles. The van der Waals surface area contributed by atoms with Crippen molar-refractivity contribution in [3.8, 4) is 0 Å². The Morgan fingerprint density at radius 3 is 2.32 bits per heavy atom. The van der Waals surface area contributed by atoms with Crippen LogP contribution in [0.2, 0.25) is 0 Å². The molecule has 0 aromatic heterocycles. The van der Waals surface area contributed by atoms with Crippen LogP contribution in [-0.4, -0.2) is 46.8 Å². The van der Waals surface area contributed by atoms with Crippen LogP contribution < -0.4 is 0 Å². The van der Waals surface area contributed by atoms with Crippen molar-refractivity contribution in [1.29, 1.82) is 0 Å². The largest absolute Gasteiger partial charge is 0.465 e. The van der Waals surface area contributed by atoms with Crippen molar-refractivity contribution in [3.05, 3.63) is 48.2 Å². The van der Waals surface area contributed by atoms with E-state index in [-0.39, 0.29) is 17.6 Å². The van der Waals surface area contributed by atoms with E-state index in [1.54, 1.807) is 4.90 Å². The SMILES string of the molecule is CC(C)(C)C=CN1C(=O)OCC1c1ccccc1.O=C(O)N1CCC1. The van der Waals surface area contributed by atoms with Gasteiger partial charge >= 0.3 is 12.2 Å².